The molecule has 16 heavy (non-hydrogen) atoms. The van der Waals surface area contributed by atoms with E-state index in [-0.39, 0.29) is 10.8 Å². The first-order valence-corrected chi connectivity index (χ1v) is 5.82. The van der Waals surface area contributed by atoms with E-state index in [2.05, 4.69) is 77.6 Å². The lowest BCUT2D eigenvalue weighted by Gasteiger charge is -2.19. The fourth-order valence-electron chi connectivity index (χ4n) is 1.32. The Kier molecular flexibility index (Phi) is 3.48. The average Bonchev–Trinajstić information content (AvgIpc) is 2.13. The summed E-state index contributed by atoms with van der Waals surface area (Å²) in [6.45, 7) is 13.1. The molecule has 0 fully saturated rings. The van der Waals surface area contributed by atoms with Crippen molar-refractivity contribution in [2.24, 2.45) is 5.41 Å². The van der Waals surface area contributed by atoms with Crippen LogP contribution < -0.4 is 0 Å². The van der Waals surface area contributed by atoms with Gasteiger partial charge in [-0.2, -0.15) is 0 Å². The molecule has 0 heteroatoms. The lowest BCUT2D eigenvalue weighted by atomic mass is 9.86. The van der Waals surface area contributed by atoms with E-state index < -0.39 is 0 Å². The monoisotopic (exact) mass is 214 g/mol. The molecular formula is C16H22. The summed E-state index contributed by atoms with van der Waals surface area (Å²) in [4.78, 5) is 0. The second-order valence-electron chi connectivity index (χ2n) is 6.33. The zero-order valence-corrected chi connectivity index (χ0v) is 11.3. The Morgan fingerprint density at radius 2 is 1.56 bits per heavy atom. The predicted molar refractivity (Wildman–Crippen MR) is 71.5 cm³/mol. The third-order valence-corrected chi connectivity index (χ3v) is 2.31. The van der Waals surface area contributed by atoms with Gasteiger partial charge in [-0.1, -0.05) is 44.7 Å². The van der Waals surface area contributed by atoms with Crippen molar-refractivity contribution in [3.05, 3.63) is 35.4 Å². The molecule has 0 radical (unpaired) electrons. The van der Waals surface area contributed by atoms with Crippen LogP contribution in [0.15, 0.2) is 24.3 Å². The molecule has 0 amide bonds. The third kappa shape index (κ3) is 4.11. The van der Waals surface area contributed by atoms with Crippen molar-refractivity contribution in [1.82, 2.24) is 0 Å². The van der Waals surface area contributed by atoms with Crippen molar-refractivity contribution < 1.29 is 0 Å². The van der Waals surface area contributed by atoms with Gasteiger partial charge < -0.3 is 0 Å². The topological polar surface area (TPSA) is 0 Å². The summed E-state index contributed by atoms with van der Waals surface area (Å²) < 4.78 is 0. The van der Waals surface area contributed by atoms with E-state index in [0.29, 0.717) is 0 Å². The van der Waals surface area contributed by atoms with Crippen molar-refractivity contribution in [1.29, 1.82) is 0 Å². The van der Waals surface area contributed by atoms with Crippen LogP contribution in [0.3, 0.4) is 0 Å². The summed E-state index contributed by atoms with van der Waals surface area (Å²) in [6, 6.07) is 8.53. The average molecular weight is 214 g/mol. The minimum absolute atomic E-state index is 0.0672. The highest BCUT2D eigenvalue weighted by atomic mass is 14.2. The van der Waals surface area contributed by atoms with E-state index in [9.17, 15) is 0 Å². The van der Waals surface area contributed by atoms with Crippen molar-refractivity contribution in [2.45, 2.75) is 47.0 Å². The summed E-state index contributed by atoms with van der Waals surface area (Å²) in [5, 5.41) is 0. The largest absolute Gasteiger partial charge is 0.0920 e. The van der Waals surface area contributed by atoms with Crippen LogP contribution >= 0.6 is 0 Å². The van der Waals surface area contributed by atoms with Crippen LogP contribution in [0.25, 0.3) is 0 Å². The molecule has 0 aliphatic carbocycles. The third-order valence-electron chi connectivity index (χ3n) is 2.31. The molecule has 0 nitrogen and oxygen atoms in total. The molecular weight excluding hydrogens is 192 g/mol. The number of hydrogen-bond donors (Lipinski definition) is 0. The Morgan fingerprint density at radius 1 is 0.938 bits per heavy atom. The van der Waals surface area contributed by atoms with Gasteiger partial charge in [-0.3, -0.25) is 0 Å². The van der Waals surface area contributed by atoms with Gasteiger partial charge >= 0.3 is 0 Å². The van der Waals surface area contributed by atoms with Crippen LogP contribution in [0.2, 0.25) is 0 Å². The SMILES string of the molecule is CC(C)(C)C#Cc1cccc(C(C)(C)C)c1. The van der Waals surface area contributed by atoms with Crippen molar-refractivity contribution in [3.8, 4) is 11.8 Å². The fourth-order valence-corrected chi connectivity index (χ4v) is 1.32. The summed E-state index contributed by atoms with van der Waals surface area (Å²) in [5.41, 5.74) is 2.72. The highest BCUT2D eigenvalue weighted by Crippen LogP contribution is 2.22. The molecule has 1 rings (SSSR count). The van der Waals surface area contributed by atoms with E-state index in [0.717, 1.165) is 5.56 Å². The van der Waals surface area contributed by atoms with E-state index >= 15 is 0 Å². The minimum Gasteiger partial charge on any atom is -0.0920 e. The Hall–Kier alpha value is -1.22. The number of hydrogen-bond acceptors (Lipinski definition) is 0. The molecule has 0 saturated carbocycles. The normalized spacial score (nSPS) is 11.9. The second-order valence-corrected chi connectivity index (χ2v) is 6.33. The van der Waals surface area contributed by atoms with Crippen molar-refractivity contribution >= 4 is 0 Å². The molecule has 0 aliphatic rings. The highest BCUT2D eigenvalue weighted by molar-refractivity contribution is 5.39. The lowest BCUT2D eigenvalue weighted by molar-refractivity contribution is 0.571. The van der Waals surface area contributed by atoms with Crippen LogP contribution in [0.5, 0.6) is 0 Å². The van der Waals surface area contributed by atoms with E-state index in [1.807, 2.05) is 0 Å². The van der Waals surface area contributed by atoms with Gasteiger partial charge in [-0.25, -0.2) is 0 Å². The Labute approximate surface area is 100 Å². The van der Waals surface area contributed by atoms with Crippen molar-refractivity contribution in [3.63, 3.8) is 0 Å². The Morgan fingerprint density at radius 3 is 2.06 bits per heavy atom. The van der Waals surface area contributed by atoms with E-state index in [1.165, 1.54) is 5.56 Å². The van der Waals surface area contributed by atoms with Crippen molar-refractivity contribution in [2.75, 3.05) is 0 Å². The molecule has 0 spiro atoms. The van der Waals surface area contributed by atoms with E-state index in [1.54, 1.807) is 0 Å². The smallest absolute Gasteiger partial charge is 0.0248 e. The van der Waals surface area contributed by atoms with Gasteiger partial charge in [0, 0.05) is 11.0 Å². The molecule has 0 atom stereocenters. The lowest BCUT2D eigenvalue weighted by Crippen LogP contribution is -2.10. The molecule has 1 aromatic carbocycles. The highest BCUT2D eigenvalue weighted by Gasteiger charge is 2.13. The Bertz CT molecular complexity index is 414. The molecule has 0 saturated heterocycles. The Balaban J connectivity index is 3.04. The first-order valence-electron chi connectivity index (χ1n) is 5.82. The fraction of sp³-hybridized carbons (Fsp3) is 0.500. The summed E-state index contributed by atoms with van der Waals surface area (Å²) >= 11 is 0. The van der Waals surface area contributed by atoms with Gasteiger partial charge in [0.15, 0.2) is 0 Å². The van der Waals surface area contributed by atoms with Crippen LogP contribution in [0, 0.1) is 17.3 Å². The maximum Gasteiger partial charge on any atom is 0.0248 e. The molecule has 0 heterocycles. The zero-order chi connectivity index (χ0) is 12.4. The molecule has 0 unspecified atom stereocenters. The quantitative estimate of drug-likeness (QED) is 0.562. The van der Waals surface area contributed by atoms with Crippen LogP contribution in [-0.2, 0) is 5.41 Å². The first kappa shape index (κ1) is 12.8. The van der Waals surface area contributed by atoms with Gasteiger partial charge in [-0.15, -0.1) is 0 Å². The molecule has 1 aromatic rings. The van der Waals surface area contributed by atoms with Gasteiger partial charge in [0.05, 0.1) is 0 Å². The van der Waals surface area contributed by atoms with Gasteiger partial charge in [0.25, 0.3) is 0 Å². The van der Waals surface area contributed by atoms with Gasteiger partial charge in [0.1, 0.15) is 0 Å². The summed E-state index contributed by atoms with van der Waals surface area (Å²) in [7, 11) is 0. The van der Waals surface area contributed by atoms with Crippen LogP contribution in [0.1, 0.15) is 52.7 Å². The van der Waals surface area contributed by atoms with Crippen LogP contribution in [-0.4, -0.2) is 0 Å². The maximum absolute atomic E-state index is 3.27. The molecule has 0 bridgehead atoms. The molecule has 0 N–H and O–H groups in total. The zero-order valence-electron chi connectivity index (χ0n) is 11.3. The van der Waals surface area contributed by atoms with Gasteiger partial charge in [0.2, 0.25) is 0 Å². The predicted octanol–water partition coefficient (Wildman–Crippen LogP) is 4.38. The number of benzene rings is 1. The van der Waals surface area contributed by atoms with Gasteiger partial charge in [-0.05, 0) is 43.9 Å². The molecule has 0 aliphatic heterocycles. The molecule has 86 valence electrons. The molecule has 0 aromatic heterocycles. The standard InChI is InChI=1S/C16H22/c1-15(2,3)11-10-13-8-7-9-14(12-13)16(4,5)6/h7-9,12H,1-6H3. The second kappa shape index (κ2) is 4.34. The number of rotatable bonds is 0. The summed E-state index contributed by atoms with van der Waals surface area (Å²) in [5.74, 6) is 6.51. The van der Waals surface area contributed by atoms with Crippen LogP contribution in [0.4, 0.5) is 0 Å². The first-order chi connectivity index (χ1) is 7.18. The van der Waals surface area contributed by atoms with E-state index in [4.69, 9.17) is 0 Å². The summed E-state index contributed by atoms with van der Waals surface area (Å²) in [6.07, 6.45) is 0. The maximum atomic E-state index is 3.27. The minimum atomic E-state index is 0.0672.